The number of hydrogen-bond acceptors (Lipinski definition) is 7. The molecule has 41 heavy (non-hydrogen) atoms. The Morgan fingerprint density at radius 2 is 1.80 bits per heavy atom. The van der Waals surface area contributed by atoms with Gasteiger partial charge in [0.2, 0.25) is 0 Å². The van der Waals surface area contributed by atoms with Gasteiger partial charge in [-0.2, -0.15) is 13.2 Å². The molecule has 1 heterocycles. The fourth-order valence-electron chi connectivity index (χ4n) is 4.15. The summed E-state index contributed by atoms with van der Waals surface area (Å²) in [7, 11) is -3.28. The van der Waals surface area contributed by atoms with Gasteiger partial charge in [0.25, 0.3) is 15.9 Å². The van der Waals surface area contributed by atoms with Crippen LogP contribution in [0.1, 0.15) is 28.4 Å². The van der Waals surface area contributed by atoms with Gasteiger partial charge in [-0.05, 0) is 55.0 Å². The first-order chi connectivity index (χ1) is 19.3. The van der Waals surface area contributed by atoms with Crippen LogP contribution in [0.15, 0.2) is 59.5 Å². The standard InChI is InChI=1S/C27H24ClF3N2O7S/c1-3-39-24(34)12-16-4-7-19(8-5-16)32-26(35)17-13-20(27(29,30)31)25-21(14-17)33(10-11-40-25)41(36,37)23-15-18(28)6-9-22(23)38-2/h4-9,13-15H,3,10-12H2,1-2H3,(H,32,35). The highest BCUT2D eigenvalue weighted by Gasteiger charge is 2.41. The molecule has 1 amide bonds. The molecule has 0 saturated heterocycles. The smallest absolute Gasteiger partial charge is 0.420 e. The number of carbonyl (C=O) groups is 2. The summed E-state index contributed by atoms with van der Waals surface area (Å²) in [6.07, 6.45) is -4.97. The van der Waals surface area contributed by atoms with Gasteiger partial charge < -0.3 is 19.5 Å². The fourth-order valence-corrected chi connectivity index (χ4v) is 6.02. The maximum Gasteiger partial charge on any atom is 0.420 e. The van der Waals surface area contributed by atoms with Crippen molar-refractivity contribution in [2.45, 2.75) is 24.4 Å². The molecule has 1 N–H and O–H groups in total. The number of rotatable bonds is 8. The van der Waals surface area contributed by atoms with E-state index in [1.807, 2.05) is 0 Å². The zero-order valence-electron chi connectivity index (χ0n) is 21.7. The van der Waals surface area contributed by atoms with Crippen LogP contribution in [0.2, 0.25) is 5.02 Å². The number of fused-ring (bicyclic) bond motifs is 1. The Labute approximate surface area is 238 Å². The second kappa shape index (κ2) is 11.9. The molecule has 3 aromatic carbocycles. The van der Waals surface area contributed by atoms with Crippen molar-refractivity contribution >= 4 is 44.9 Å². The van der Waals surface area contributed by atoms with Crippen molar-refractivity contribution in [2.75, 3.05) is 36.5 Å². The molecule has 0 aromatic heterocycles. The highest BCUT2D eigenvalue weighted by molar-refractivity contribution is 7.93. The van der Waals surface area contributed by atoms with Gasteiger partial charge in [-0.1, -0.05) is 23.7 Å². The second-order valence-corrected chi connectivity index (χ2v) is 11.0. The monoisotopic (exact) mass is 612 g/mol. The number of esters is 1. The number of carbonyl (C=O) groups excluding carboxylic acids is 2. The van der Waals surface area contributed by atoms with E-state index in [0.717, 1.165) is 16.4 Å². The lowest BCUT2D eigenvalue weighted by molar-refractivity contribution is -0.142. The average molecular weight is 613 g/mol. The number of amides is 1. The first kappa shape index (κ1) is 30.0. The Hall–Kier alpha value is -3.97. The molecular formula is C27H24ClF3N2O7S. The van der Waals surface area contributed by atoms with Crippen molar-refractivity contribution in [2.24, 2.45) is 0 Å². The van der Waals surface area contributed by atoms with Crippen LogP contribution in [0.3, 0.4) is 0 Å². The van der Waals surface area contributed by atoms with Gasteiger partial charge in [0, 0.05) is 16.3 Å². The van der Waals surface area contributed by atoms with E-state index in [0.29, 0.717) is 11.6 Å². The minimum absolute atomic E-state index is 0.00352. The number of halogens is 4. The second-order valence-electron chi connectivity index (χ2n) is 8.72. The summed E-state index contributed by atoms with van der Waals surface area (Å²) in [5.41, 5.74) is -1.41. The summed E-state index contributed by atoms with van der Waals surface area (Å²) in [4.78, 5) is 24.4. The lowest BCUT2D eigenvalue weighted by Crippen LogP contribution is -2.39. The predicted octanol–water partition coefficient (Wildman–Crippen LogP) is 5.31. The fraction of sp³-hybridized carbons (Fsp3) is 0.259. The molecule has 0 unspecified atom stereocenters. The van der Waals surface area contributed by atoms with E-state index in [9.17, 15) is 31.2 Å². The van der Waals surface area contributed by atoms with Crippen LogP contribution in [-0.2, 0) is 32.2 Å². The normalized spacial score (nSPS) is 13.2. The number of benzene rings is 3. The number of anilines is 2. The number of ether oxygens (including phenoxy) is 3. The highest BCUT2D eigenvalue weighted by Crippen LogP contribution is 2.46. The maximum absolute atomic E-state index is 14.1. The Kier molecular flexibility index (Phi) is 8.69. The minimum Gasteiger partial charge on any atom is -0.495 e. The number of sulfonamides is 1. The van der Waals surface area contributed by atoms with Crippen LogP contribution < -0.4 is 19.1 Å². The summed E-state index contributed by atoms with van der Waals surface area (Å²) in [6, 6.07) is 11.5. The van der Waals surface area contributed by atoms with E-state index in [4.69, 9.17) is 25.8 Å². The van der Waals surface area contributed by atoms with Gasteiger partial charge in [0.15, 0.2) is 5.75 Å². The summed E-state index contributed by atoms with van der Waals surface area (Å²) in [5, 5.41) is 2.56. The Bertz CT molecular complexity index is 1580. The Morgan fingerprint density at radius 1 is 1.10 bits per heavy atom. The molecule has 1 aliphatic rings. The van der Waals surface area contributed by atoms with E-state index < -0.39 is 50.6 Å². The minimum atomic E-state index is -4.98. The van der Waals surface area contributed by atoms with Crippen LogP contribution >= 0.6 is 11.6 Å². The molecule has 9 nitrogen and oxygen atoms in total. The van der Waals surface area contributed by atoms with Gasteiger partial charge in [0.1, 0.15) is 22.8 Å². The van der Waals surface area contributed by atoms with E-state index >= 15 is 0 Å². The lowest BCUT2D eigenvalue weighted by atomic mass is 10.1. The zero-order chi connectivity index (χ0) is 29.9. The number of nitrogens with one attached hydrogen (secondary N) is 1. The molecule has 0 bridgehead atoms. The molecule has 0 spiro atoms. The van der Waals surface area contributed by atoms with Crippen molar-refractivity contribution < 1.29 is 45.4 Å². The van der Waals surface area contributed by atoms with Crippen molar-refractivity contribution in [1.29, 1.82) is 0 Å². The highest BCUT2D eigenvalue weighted by atomic mass is 35.5. The number of methoxy groups -OCH3 is 1. The first-order valence-corrected chi connectivity index (χ1v) is 14.0. The van der Waals surface area contributed by atoms with Crippen LogP contribution in [0.4, 0.5) is 24.5 Å². The summed E-state index contributed by atoms with van der Waals surface area (Å²) in [5.74, 6) is -2.16. The Balaban J connectivity index is 1.73. The third-order valence-corrected chi connectivity index (χ3v) is 8.08. The molecule has 0 atom stereocenters. The van der Waals surface area contributed by atoms with Crippen molar-refractivity contribution in [3.8, 4) is 11.5 Å². The molecule has 4 rings (SSSR count). The van der Waals surface area contributed by atoms with Gasteiger partial charge in [-0.15, -0.1) is 0 Å². The molecule has 218 valence electrons. The van der Waals surface area contributed by atoms with Crippen LogP contribution in [0, 0.1) is 0 Å². The largest absolute Gasteiger partial charge is 0.495 e. The van der Waals surface area contributed by atoms with Gasteiger partial charge in [-0.3, -0.25) is 13.9 Å². The third-order valence-electron chi connectivity index (χ3n) is 6.01. The molecular weight excluding hydrogens is 589 g/mol. The molecule has 1 aliphatic heterocycles. The summed E-state index contributed by atoms with van der Waals surface area (Å²) >= 11 is 6.01. The molecule has 0 saturated carbocycles. The number of alkyl halides is 3. The zero-order valence-corrected chi connectivity index (χ0v) is 23.3. The summed E-state index contributed by atoms with van der Waals surface area (Å²) < 4.78 is 85.8. The van der Waals surface area contributed by atoms with Crippen LogP contribution in [0.25, 0.3) is 0 Å². The quantitative estimate of drug-likeness (QED) is 0.343. The SMILES string of the molecule is CCOC(=O)Cc1ccc(NC(=O)c2cc3c(c(C(F)(F)F)c2)OCCN3S(=O)(=O)c2cc(Cl)ccc2OC)cc1. The van der Waals surface area contributed by atoms with Crippen LogP contribution in [0.5, 0.6) is 11.5 Å². The van der Waals surface area contributed by atoms with Crippen LogP contribution in [-0.4, -0.2) is 47.2 Å². The molecule has 0 fully saturated rings. The van der Waals surface area contributed by atoms with E-state index in [1.165, 1.54) is 31.4 Å². The van der Waals surface area contributed by atoms with Crippen molar-refractivity contribution in [1.82, 2.24) is 0 Å². The van der Waals surface area contributed by atoms with Crippen molar-refractivity contribution in [3.63, 3.8) is 0 Å². The summed E-state index contributed by atoms with van der Waals surface area (Å²) in [6.45, 7) is 1.19. The number of hydrogen-bond donors (Lipinski definition) is 1. The lowest BCUT2D eigenvalue weighted by Gasteiger charge is -2.32. The first-order valence-electron chi connectivity index (χ1n) is 12.2. The molecule has 0 radical (unpaired) electrons. The molecule has 14 heteroatoms. The average Bonchev–Trinajstić information content (AvgIpc) is 2.92. The van der Waals surface area contributed by atoms with E-state index in [2.05, 4.69) is 5.32 Å². The van der Waals surface area contributed by atoms with Gasteiger partial charge in [0.05, 0.1) is 32.4 Å². The Morgan fingerprint density at radius 3 is 2.44 bits per heavy atom. The molecule has 3 aromatic rings. The van der Waals surface area contributed by atoms with Gasteiger partial charge in [-0.25, -0.2) is 8.42 Å². The maximum atomic E-state index is 14.1. The topological polar surface area (TPSA) is 111 Å². The predicted molar refractivity (Wildman–Crippen MR) is 144 cm³/mol. The van der Waals surface area contributed by atoms with E-state index in [1.54, 1.807) is 19.1 Å². The van der Waals surface area contributed by atoms with E-state index in [-0.39, 0.29) is 47.5 Å². The third kappa shape index (κ3) is 6.51. The van der Waals surface area contributed by atoms with Gasteiger partial charge >= 0.3 is 12.1 Å². The molecule has 0 aliphatic carbocycles. The van der Waals surface area contributed by atoms with Crippen molar-refractivity contribution in [3.05, 3.63) is 76.3 Å². The number of nitrogens with zero attached hydrogens (tertiary/aromatic N) is 1.